The van der Waals surface area contributed by atoms with Crippen LogP contribution >= 0.6 is 0 Å². The molecule has 0 aromatic heterocycles. The van der Waals surface area contributed by atoms with Gasteiger partial charge < -0.3 is 15.3 Å². The van der Waals surface area contributed by atoms with Gasteiger partial charge in [0.1, 0.15) is 0 Å². The molecule has 1 saturated carbocycles. The van der Waals surface area contributed by atoms with Crippen LogP contribution in [0.5, 0.6) is 0 Å². The predicted molar refractivity (Wildman–Crippen MR) is 71.8 cm³/mol. The second-order valence-electron chi connectivity index (χ2n) is 5.72. The molecule has 0 radical (unpaired) electrons. The van der Waals surface area contributed by atoms with E-state index in [0.717, 1.165) is 19.3 Å². The third-order valence-corrected chi connectivity index (χ3v) is 4.50. The molecule has 2 amide bonds. The van der Waals surface area contributed by atoms with E-state index in [-0.39, 0.29) is 17.7 Å². The van der Waals surface area contributed by atoms with Crippen LogP contribution in [0.2, 0.25) is 0 Å². The smallest absolute Gasteiger partial charge is 0.307 e. The molecule has 112 valence electrons. The Labute approximate surface area is 118 Å². The van der Waals surface area contributed by atoms with E-state index in [1.54, 1.807) is 11.9 Å². The Kier molecular flexibility index (Phi) is 4.62. The van der Waals surface area contributed by atoms with E-state index in [4.69, 9.17) is 0 Å². The number of carboxylic acids is 1. The Morgan fingerprint density at radius 1 is 1.10 bits per heavy atom. The van der Waals surface area contributed by atoms with E-state index in [0.29, 0.717) is 25.9 Å². The van der Waals surface area contributed by atoms with Gasteiger partial charge in [0, 0.05) is 20.1 Å². The fourth-order valence-electron chi connectivity index (χ4n) is 3.38. The van der Waals surface area contributed by atoms with Crippen molar-refractivity contribution < 1.29 is 19.5 Å². The van der Waals surface area contributed by atoms with Crippen molar-refractivity contribution in [1.82, 2.24) is 10.2 Å². The van der Waals surface area contributed by atoms with E-state index in [9.17, 15) is 19.5 Å². The molecule has 6 heteroatoms. The summed E-state index contributed by atoms with van der Waals surface area (Å²) in [4.78, 5) is 37.1. The van der Waals surface area contributed by atoms with Crippen molar-refractivity contribution >= 4 is 17.8 Å². The zero-order valence-electron chi connectivity index (χ0n) is 11.8. The molecule has 0 spiro atoms. The maximum absolute atomic E-state index is 12.5. The summed E-state index contributed by atoms with van der Waals surface area (Å²) in [5.41, 5.74) is 0. The Balaban J connectivity index is 2.01. The van der Waals surface area contributed by atoms with E-state index >= 15 is 0 Å². The van der Waals surface area contributed by atoms with Crippen LogP contribution in [0.15, 0.2) is 0 Å². The van der Waals surface area contributed by atoms with Crippen molar-refractivity contribution in [2.24, 2.45) is 17.8 Å². The van der Waals surface area contributed by atoms with Crippen LogP contribution in [-0.4, -0.2) is 47.9 Å². The van der Waals surface area contributed by atoms with Crippen LogP contribution in [0.4, 0.5) is 0 Å². The first kappa shape index (κ1) is 14.8. The minimum Gasteiger partial charge on any atom is -0.481 e. The number of rotatable bonds is 3. The van der Waals surface area contributed by atoms with Gasteiger partial charge in [-0.1, -0.05) is 6.42 Å². The van der Waals surface area contributed by atoms with Crippen molar-refractivity contribution in [3.8, 4) is 0 Å². The molecule has 2 fully saturated rings. The molecule has 1 unspecified atom stereocenters. The topological polar surface area (TPSA) is 86.7 Å². The van der Waals surface area contributed by atoms with E-state index < -0.39 is 17.8 Å². The van der Waals surface area contributed by atoms with Crippen LogP contribution in [0, 0.1) is 17.8 Å². The fraction of sp³-hybridized carbons (Fsp3) is 0.786. The molecule has 0 bridgehead atoms. The molecule has 2 aliphatic rings. The highest BCUT2D eigenvalue weighted by molar-refractivity contribution is 5.86. The molecule has 2 N–H and O–H groups in total. The molecule has 3 atom stereocenters. The van der Waals surface area contributed by atoms with Gasteiger partial charge in [0.15, 0.2) is 0 Å². The average molecular weight is 282 g/mol. The predicted octanol–water partition coefficient (Wildman–Crippen LogP) is 0.472. The normalized spacial score (nSPS) is 30.1. The fourth-order valence-corrected chi connectivity index (χ4v) is 3.38. The minimum absolute atomic E-state index is 0.0382. The molecule has 0 aromatic rings. The lowest BCUT2D eigenvalue weighted by Gasteiger charge is -2.34. The van der Waals surface area contributed by atoms with Crippen molar-refractivity contribution in [2.45, 2.75) is 32.1 Å². The SMILES string of the molecule is CNC(=O)C1CCCN(C(=O)[C@@H]2CCC[C@@H]2C(=O)O)C1. The van der Waals surface area contributed by atoms with Gasteiger partial charge in [-0.15, -0.1) is 0 Å². The summed E-state index contributed by atoms with van der Waals surface area (Å²) in [5.74, 6) is -2.12. The van der Waals surface area contributed by atoms with Gasteiger partial charge in [-0.3, -0.25) is 14.4 Å². The summed E-state index contributed by atoms with van der Waals surface area (Å²) in [7, 11) is 1.60. The van der Waals surface area contributed by atoms with Crippen LogP contribution < -0.4 is 5.32 Å². The number of aliphatic carboxylic acids is 1. The number of carbonyl (C=O) groups excluding carboxylic acids is 2. The van der Waals surface area contributed by atoms with Crippen molar-refractivity contribution in [2.75, 3.05) is 20.1 Å². The molecule has 0 aromatic carbocycles. The lowest BCUT2D eigenvalue weighted by Crippen LogP contribution is -2.47. The van der Waals surface area contributed by atoms with Crippen LogP contribution in [0.3, 0.4) is 0 Å². The average Bonchev–Trinajstić information content (AvgIpc) is 2.95. The summed E-state index contributed by atoms with van der Waals surface area (Å²) >= 11 is 0. The number of carboxylic acid groups (broad SMARTS) is 1. The Morgan fingerprint density at radius 3 is 2.45 bits per heavy atom. The van der Waals surface area contributed by atoms with Crippen molar-refractivity contribution in [1.29, 1.82) is 0 Å². The van der Waals surface area contributed by atoms with Gasteiger partial charge in [0.05, 0.1) is 17.8 Å². The first-order valence-electron chi connectivity index (χ1n) is 7.27. The van der Waals surface area contributed by atoms with E-state index in [1.165, 1.54) is 0 Å². The van der Waals surface area contributed by atoms with Gasteiger partial charge >= 0.3 is 5.97 Å². The monoisotopic (exact) mass is 282 g/mol. The van der Waals surface area contributed by atoms with Gasteiger partial charge in [0.25, 0.3) is 0 Å². The zero-order valence-corrected chi connectivity index (χ0v) is 11.8. The number of likely N-dealkylation sites (tertiary alicyclic amines) is 1. The second-order valence-corrected chi connectivity index (χ2v) is 5.72. The largest absolute Gasteiger partial charge is 0.481 e. The summed E-state index contributed by atoms with van der Waals surface area (Å²) in [6.45, 7) is 1.05. The molecule has 1 saturated heterocycles. The molecule has 20 heavy (non-hydrogen) atoms. The number of nitrogens with zero attached hydrogens (tertiary/aromatic N) is 1. The Bertz CT molecular complexity index is 410. The summed E-state index contributed by atoms with van der Waals surface area (Å²) in [6, 6.07) is 0. The number of piperidine rings is 1. The molecule has 1 aliphatic carbocycles. The third kappa shape index (κ3) is 2.94. The van der Waals surface area contributed by atoms with E-state index in [1.807, 2.05) is 0 Å². The lowest BCUT2D eigenvalue weighted by atomic mass is 9.91. The first-order chi connectivity index (χ1) is 9.54. The Hall–Kier alpha value is -1.59. The number of carbonyl (C=O) groups is 3. The van der Waals surface area contributed by atoms with Gasteiger partial charge in [-0.2, -0.15) is 0 Å². The first-order valence-corrected chi connectivity index (χ1v) is 7.27. The number of amides is 2. The summed E-state index contributed by atoms with van der Waals surface area (Å²) in [6.07, 6.45) is 3.61. The standard InChI is InChI=1S/C14H22N2O4/c1-15-12(17)9-4-3-7-16(8-9)13(18)10-5-2-6-11(10)14(19)20/h9-11H,2-8H2,1H3,(H,15,17)(H,19,20)/t9?,10-,11+/m1/s1. The number of hydrogen-bond donors (Lipinski definition) is 2. The third-order valence-electron chi connectivity index (χ3n) is 4.50. The zero-order chi connectivity index (χ0) is 14.7. The van der Waals surface area contributed by atoms with Gasteiger partial charge in [-0.05, 0) is 25.7 Å². The van der Waals surface area contributed by atoms with Crippen molar-refractivity contribution in [3.05, 3.63) is 0 Å². The van der Waals surface area contributed by atoms with E-state index in [2.05, 4.69) is 5.32 Å². The lowest BCUT2D eigenvalue weighted by molar-refractivity contribution is -0.150. The summed E-state index contributed by atoms with van der Waals surface area (Å²) in [5, 5.41) is 11.8. The van der Waals surface area contributed by atoms with Gasteiger partial charge in [0.2, 0.25) is 11.8 Å². The Morgan fingerprint density at radius 2 is 1.80 bits per heavy atom. The van der Waals surface area contributed by atoms with Crippen LogP contribution in [0.25, 0.3) is 0 Å². The highest BCUT2D eigenvalue weighted by Gasteiger charge is 2.41. The molecule has 6 nitrogen and oxygen atoms in total. The maximum Gasteiger partial charge on any atom is 0.307 e. The highest BCUT2D eigenvalue weighted by Crippen LogP contribution is 2.34. The summed E-state index contributed by atoms with van der Waals surface area (Å²) < 4.78 is 0. The van der Waals surface area contributed by atoms with Gasteiger partial charge in [-0.25, -0.2) is 0 Å². The molecule has 2 rings (SSSR count). The van der Waals surface area contributed by atoms with Crippen molar-refractivity contribution in [3.63, 3.8) is 0 Å². The van der Waals surface area contributed by atoms with Crippen LogP contribution in [-0.2, 0) is 14.4 Å². The molecule has 1 aliphatic heterocycles. The second kappa shape index (κ2) is 6.24. The number of hydrogen-bond acceptors (Lipinski definition) is 3. The minimum atomic E-state index is -0.874. The number of nitrogens with one attached hydrogen (secondary N) is 1. The molecular weight excluding hydrogens is 260 g/mol. The molecular formula is C14H22N2O4. The quantitative estimate of drug-likeness (QED) is 0.788. The van der Waals surface area contributed by atoms with Crippen LogP contribution in [0.1, 0.15) is 32.1 Å². The maximum atomic E-state index is 12.5. The highest BCUT2D eigenvalue weighted by atomic mass is 16.4. The molecule has 1 heterocycles.